The van der Waals surface area contributed by atoms with Gasteiger partial charge >= 0.3 is 27.7 Å². The van der Waals surface area contributed by atoms with Crippen LogP contribution in [0.25, 0.3) is 11.8 Å². The number of rotatable bonds is 8. The summed E-state index contributed by atoms with van der Waals surface area (Å²) in [4.78, 5) is 4.75. The van der Waals surface area contributed by atoms with Gasteiger partial charge in [0, 0.05) is 22.6 Å². The van der Waals surface area contributed by atoms with Crippen molar-refractivity contribution < 1.29 is 18.2 Å². The van der Waals surface area contributed by atoms with E-state index in [2.05, 4.69) is 154 Å². The number of hydrogen-bond acceptors (Lipinski definition) is 2. The van der Waals surface area contributed by atoms with Gasteiger partial charge in [0.25, 0.3) is 0 Å². The predicted octanol–water partition coefficient (Wildman–Crippen LogP) is 11.5. The molecule has 0 aromatic heterocycles. The number of hydrogen-bond donors (Lipinski definition) is 0. The molecule has 0 atom stereocenters. The van der Waals surface area contributed by atoms with Crippen LogP contribution in [0.15, 0.2) is 96.9 Å². The molecule has 3 aromatic rings. The number of benzene rings is 3. The fourth-order valence-corrected chi connectivity index (χ4v) is 5.84. The fraction of sp³-hybridized carbons (Fsp3) is 0.300. The van der Waals surface area contributed by atoms with Gasteiger partial charge < -0.3 is 9.80 Å². The van der Waals surface area contributed by atoms with Gasteiger partial charge in [-0.25, -0.2) is 19.1 Å². The zero-order valence-electron chi connectivity index (χ0n) is 27.4. The molecule has 2 aliphatic rings. The van der Waals surface area contributed by atoms with Gasteiger partial charge in [-0.15, -0.1) is 12.2 Å². The molecule has 0 unspecified atom stereocenters. The van der Waals surface area contributed by atoms with Gasteiger partial charge in [-0.2, -0.15) is 0 Å². The van der Waals surface area contributed by atoms with E-state index in [1.165, 1.54) is 56.0 Å². The van der Waals surface area contributed by atoms with Crippen molar-refractivity contribution >= 4 is 27.0 Å². The van der Waals surface area contributed by atoms with Crippen molar-refractivity contribution in [1.29, 1.82) is 0 Å². The van der Waals surface area contributed by atoms with E-state index in [-0.39, 0.29) is 0 Å². The van der Waals surface area contributed by atoms with Crippen LogP contribution in [-0.2, 0) is 37.4 Å². The summed E-state index contributed by atoms with van der Waals surface area (Å²) in [5.41, 5.74) is 13.6. The molecule has 0 fully saturated rings. The van der Waals surface area contributed by atoms with E-state index >= 15 is 0 Å². The van der Waals surface area contributed by atoms with Crippen LogP contribution in [0.4, 0.5) is 5.69 Å². The maximum atomic E-state index is 4.49. The molecule has 0 amide bonds. The molecule has 3 aromatic carbocycles. The fourth-order valence-electron chi connectivity index (χ4n) is 5.84. The summed E-state index contributed by atoms with van der Waals surface area (Å²) in [6, 6.07) is 21.7. The third-order valence-electron chi connectivity index (χ3n) is 8.07. The van der Waals surface area contributed by atoms with Crippen LogP contribution in [0.3, 0.4) is 0 Å². The quantitative estimate of drug-likeness (QED) is 0.171. The Bertz CT molecular complexity index is 1430. The predicted molar refractivity (Wildman–Crippen MR) is 190 cm³/mol. The van der Waals surface area contributed by atoms with Gasteiger partial charge in [-0.1, -0.05) is 115 Å². The number of para-hydroxylation sites is 1. The summed E-state index contributed by atoms with van der Waals surface area (Å²) < 4.78 is 0. The summed E-state index contributed by atoms with van der Waals surface area (Å²) in [6.07, 6.45) is 15.9. The Labute approximate surface area is 282 Å². The van der Waals surface area contributed by atoms with Crippen LogP contribution in [0, 0.1) is 13.6 Å². The molecule has 0 saturated heterocycles. The minimum atomic E-state index is 0.466. The molecule has 4 heteroatoms. The molecule has 0 bridgehead atoms. The molecule has 2 heterocycles. The Morgan fingerprint density at radius 1 is 0.841 bits per heavy atom. The second-order valence-electron chi connectivity index (χ2n) is 11.6. The van der Waals surface area contributed by atoms with Gasteiger partial charge in [-0.3, -0.25) is 0 Å². The number of halogens is 1. The van der Waals surface area contributed by atoms with Gasteiger partial charge in [0.2, 0.25) is 0 Å². The summed E-state index contributed by atoms with van der Waals surface area (Å²) in [5, 5.41) is 0. The molecule has 0 radical (unpaired) electrons. The molecular formula is C40H48ClN2Pd-. The third kappa shape index (κ3) is 8.39. The molecule has 236 valence electrons. The van der Waals surface area contributed by atoms with Gasteiger partial charge in [0.15, 0.2) is 0 Å². The number of allylic oxidation sites excluding steroid dienone is 4. The first-order valence-electron chi connectivity index (χ1n) is 15.8. The van der Waals surface area contributed by atoms with E-state index in [4.69, 9.17) is 0 Å². The first kappa shape index (κ1) is 35.5. The molecule has 0 N–H and O–H groups in total. The van der Waals surface area contributed by atoms with Crippen molar-refractivity contribution in [2.24, 2.45) is 0 Å². The molecular weight excluding hydrogens is 650 g/mol. The molecule has 44 heavy (non-hydrogen) atoms. The number of aryl methyl sites for hydroxylation is 3. The zero-order valence-corrected chi connectivity index (χ0v) is 29.7. The molecule has 0 saturated carbocycles. The number of nitrogens with zero attached hydrogens (tertiary/aromatic N) is 2. The zero-order chi connectivity index (χ0) is 32.2. The number of fused-ring (bicyclic) bond motifs is 1. The Kier molecular flexibility index (Phi) is 14.1. The molecule has 0 spiro atoms. The molecule has 5 rings (SSSR count). The van der Waals surface area contributed by atoms with Crippen LogP contribution < -0.4 is 4.90 Å². The third-order valence-corrected chi connectivity index (χ3v) is 8.07. The Balaban J connectivity index is 0.000000409. The van der Waals surface area contributed by atoms with E-state index < -0.39 is 0 Å². The van der Waals surface area contributed by atoms with Crippen molar-refractivity contribution in [2.75, 3.05) is 4.90 Å². The Hall–Kier alpha value is -2.96. The van der Waals surface area contributed by atoms with Crippen LogP contribution >= 0.6 is 9.53 Å². The van der Waals surface area contributed by atoms with Crippen LogP contribution in [0.5, 0.6) is 0 Å². The topological polar surface area (TPSA) is 6.48 Å². The van der Waals surface area contributed by atoms with Crippen molar-refractivity contribution in [3.05, 3.63) is 149 Å². The van der Waals surface area contributed by atoms with Crippen LogP contribution in [-0.4, -0.2) is 4.90 Å². The van der Waals surface area contributed by atoms with Gasteiger partial charge in [0.05, 0.1) is 0 Å². The number of anilines is 1. The van der Waals surface area contributed by atoms with Crippen molar-refractivity contribution in [1.82, 2.24) is 4.90 Å². The normalized spacial score (nSPS) is 13.8. The van der Waals surface area contributed by atoms with Crippen molar-refractivity contribution in [2.45, 2.75) is 79.6 Å². The molecule has 2 nitrogen and oxygen atoms in total. The molecule has 2 aliphatic heterocycles. The Morgan fingerprint density at radius 3 is 1.93 bits per heavy atom. The average molecular weight is 699 g/mol. The summed E-state index contributed by atoms with van der Waals surface area (Å²) in [5.74, 6) is 0.933. The minimum absolute atomic E-state index is 0.466. The van der Waals surface area contributed by atoms with E-state index in [1.54, 1.807) is 6.08 Å². The second-order valence-corrected chi connectivity index (χ2v) is 11.6. The van der Waals surface area contributed by atoms with Gasteiger partial charge in [-0.05, 0) is 77.3 Å². The second kappa shape index (κ2) is 17.5. The average Bonchev–Trinajstić information content (AvgIpc) is 3.50. The van der Waals surface area contributed by atoms with E-state index in [1.807, 2.05) is 36.4 Å². The van der Waals surface area contributed by atoms with E-state index in [9.17, 15) is 0 Å². The van der Waals surface area contributed by atoms with E-state index in [0.717, 1.165) is 19.3 Å². The standard InChI is InChI=1S/C31H39N2.C9H9.ClH.Pd/c1-8-23-17-24(9-2)30(25(10-3)18-23)29-16-11-13-26-19-32(20-33(26)29)31-27(21(4)5)14-12-15-28(31)22(6)7;1-2-6-9-7-4-3-5-8-9;;/h11-22H,8-10H2,1-7H3;2-8H,1H2;1H;/q2*-1;;+2/p-1. The van der Waals surface area contributed by atoms with Crippen LogP contribution in [0.1, 0.15) is 99.2 Å². The Morgan fingerprint density at radius 2 is 1.43 bits per heavy atom. The van der Waals surface area contributed by atoms with Crippen molar-refractivity contribution in [3.8, 4) is 0 Å². The first-order valence-corrected chi connectivity index (χ1v) is 17.8. The van der Waals surface area contributed by atoms with Crippen molar-refractivity contribution in [3.63, 3.8) is 0 Å². The maximum absolute atomic E-state index is 4.49. The first-order chi connectivity index (χ1) is 21.3. The molecule has 0 aliphatic carbocycles. The summed E-state index contributed by atoms with van der Waals surface area (Å²) in [6.45, 7) is 21.9. The summed E-state index contributed by atoms with van der Waals surface area (Å²) >= 11 is 2.22. The van der Waals surface area contributed by atoms with Crippen LogP contribution in [0.2, 0.25) is 0 Å². The SMILES string of the molecule is CCc1cc(CC)c(C2=CC=CC3=CN(c4c(C(C)C)cccc4C(C)C)[CH-]N32)c(CC)c1.[CH2-]C=Cc1ccccc1.[Cl][Pd+]. The monoisotopic (exact) mass is 697 g/mol. The van der Waals surface area contributed by atoms with Gasteiger partial charge in [0.1, 0.15) is 0 Å². The summed E-state index contributed by atoms with van der Waals surface area (Å²) in [7, 11) is 4.49. The van der Waals surface area contributed by atoms with E-state index in [0.29, 0.717) is 11.8 Å².